The number of hydrogen-bond donors (Lipinski definition) is 1. The number of methoxy groups -OCH3 is 2. The molecule has 0 radical (unpaired) electrons. The van der Waals surface area contributed by atoms with Gasteiger partial charge in [-0.2, -0.15) is 0 Å². The standard InChI is InChI=1S/C19H28N2O5S/c1-25-17-8-7-16(11-18(17)26-2)27(23,24)20-12-19(22)21-10-9-14-5-3-4-6-15(14)13-21/h7-8,11,14-15,20H,3-6,9-10,12-13H2,1-2H3/t14-,15+/m1/s1. The smallest absolute Gasteiger partial charge is 0.241 e. The van der Waals surface area contributed by atoms with Crippen molar-refractivity contribution in [1.82, 2.24) is 9.62 Å². The minimum Gasteiger partial charge on any atom is -0.493 e. The number of likely N-dealkylation sites (tertiary alicyclic amines) is 1. The van der Waals surface area contributed by atoms with Crippen molar-refractivity contribution in [2.75, 3.05) is 33.9 Å². The summed E-state index contributed by atoms with van der Waals surface area (Å²) in [5.74, 6) is 1.90. The lowest BCUT2D eigenvalue weighted by Crippen LogP contribution is -2.48. The zero-order valence-electron chi connectivity index (χ0n) is 15.9. The predicted molar refractivity (Wildman–Crippen MR) is 101 cm³/mol. The Labute approximate surface area is 161 Å². The number of hydrogen-bond acceptors (Lipinski definition) is 5. The molecule has 1 aromatic rings. The largest absolute Gasteiger partial charge is 0.493 e. The number of rotatable bonds is 6. The van der Waals surface area contributed by atoms with E-state index in [2.05, 4.69) is 4.72 Å². The van der Waals surface area contributed by atoms with Crippen LogP contribution in [0, 0.1) is 11.8 Å². The Hall–Kier alpha value is -1.80. The van der Waals surface area contributed by atoms with E-state index in [1.165, 1.54) is 58.1 Å². The SMILES string of the molecule is COc1ccc(S(=O)(=O)NCC(=O)N2CC[C@H]3CCCC[C@H]3C2)cc1OC. The molecule has 1 aliphatic heterocycles. The highest BCUT2D eigenvalue weighted by atomic mass is 32.2. The zero-order valence-corrected chi connectivity index (χ0v) is 16.8. The van der Waals surface area contributed by atoms with Gasteiger partial charge in [0.05, 0.1) is 25.7 Å². The third-order valence-electron chi connectivity index (χ3n) is 5.72. The van der Waals surface area contributed by atoms with Crippen LogP contribution in [0.3, 0.4) is 0 Å². The molecular weight excluding hydrogens is 368 g/mol. The van der Waals surface area contributed by atoms with Crippen LogP contribution in [0.25, 0.3) is 0 Å². The molecule has 0 bridgehead atoms. The summed E-state index contributed by atoms with van der Waals surface area (Å²) >= 11 is 0. The van der Waals surface area contributed by atoms with Crippen LogP contribution < -0.4 is 14.2 Å². The van der Waals surface area contributed by atoms with Crippen molar-refractivity contribution < 1.29 is 22.7 Å². The maximum atomic E-state index is 12.5. The highest BCUT2D eigenvalue weighted by Gasteiger charge is 2.33. The summed E-state index contributed by atoms with van der Waals surface area (Å²) in [6.07, 6.45) is 5.98. The van der Waals surface area contributed by atoms with Crippen molar-refractivity contribution in [3.8, 4) is 11.5 Å². The summed E-state index contributed by atoms with van der Waals surface area (Å²) in [6, 6.07) is 4.35. The van der Waals surface area contributed by atoms with Crippen LogP contribution in [0.1, 0.15) is 32.1 Å². The van der Waals surface area contributed by atoms with Crippen LogP contribution in [0.5, 0.6) is 11.5 Å². The molecule has 1 saturated carbocycles. The molecule has 1 saturated heterocycles. The Morgan fingerprint density at radius 3 is 2.52 bits per heavy atom. The Morgan fingerprint density at radius 1 is 1.11 bits per heavy atom. The van der Waals surface area contributed by atoms with Gasteiger partial charge in [-0.05, 0) is 36.8 Å². The second-order valence-corrected chi connectivity index (χ2v) is 9.04. The molecule has 1 amide bonds. The normalized spacial score (nSPS) is 22.8. The fraction of sp³-hybridized carbons (Fsp3) is 0.632. The lowest BCUT2D eigenvalue weighted by atomic mass is 9.75. The summed E-state index contributed by atoms with van der Waals surface area (Å²) in [7, 11) is -0.879. The van der Waals surface area contributed by atoms with Gasteiger partial charge in [0.2, 0.25) is 15.9 Å². The Bertz CT molecular complexity index is 780. The van der Waals surface area contributed by atoms with E-state index in [4.69, 9.17) is 9.47 Å². The monoisotopic (exact) mass is 396 g/mol. The molecule has 3 rings (SSSR count). The molecule has 8 heteroatoms. The number of carbonyl (C=O) groups is 1. The highest BCUT2D eigenvalue weighted by Crippen LogP contribution is 2.36. The first-order valence-corrected chi connectivity index (χ1v) is 10.9. The molecular formula is C19H28N2O5S. The van der Waals surface area contributed by atoms with Gasteiger partial charge >= 0.3 is 0 Å². The van der Waals surface area contributed by atoms with Gasteiger partial charge in [-0.15, -0.1) is 0 Å². The van der Waals surface area contributed by atoms with Crippen molar-refractivity contribution in [3.63, 3.8) is 0 Å². The van der Waals surface area contributed by atoms with Gasteiger partial charge in [0.25, 0.3) is 0 Å². The fourth-order valence-corrected chi connectivity index (χ4v) is 5.15. The summed E-state index contributed by atoms with van der Waals surface area (Å²) in [5.41, 5.74) is 0. The molecule has 1 aliphatic carbocycles. The van der Waals surface area contributed by atoms with Crippen LogP contribution in [-0.4, -0.2) is 53.1 Å². The van der Waals surface area contributed by atoms with E-state index in [1.54, 1.807) is 0 Å². The molecule has 1 aromatic carbocycles. The number of nitrogens with one attached hydrogen (secondary N) is 1. The van der Waals surface area contributed by atoms with Gasteiger partial charge in [-0.1, -0.05) is 19.3 Å². The van der Waals surface area contributed by atoms with Crippen LogP contribution in [0.4, 0.5) is 0 Å². The number of fused-ring (bicyclic) bond motifs is 1. The van der Waals surface area contributed by atoms with Gasteiger partial charge in [0, 0.05) is 19.2 Å². The van der Waals surface area contributed by atoms with Crippen LogP contribution >= 0.6 is 0 Å². The first-order valence-electron chi connectivity index (χ1n) is 9.44. The molecule has 150 valence electrons. The number of piperidine rings is 1. The lowest BCUT2D eigenvalue weighted by Gasteiger charge is -2.41. The third-order valence-corrected chi connectivity index (χ3v) is 7.12. The van der Waals surface area contributed by atoms with Crippen molar-refractivity contribution in [2.24, 2.45) is 11.8 Å². The second kappa shape index (κ2) is 8.48. The van der Waals surface area contributed by atoms with Crippen molar-refractivity contribution in [3.05, 3.63) is 18.2 Å². The van der Waals surface area contributed by atoms with Gasteiger partial charge in [-0.3, -0.25) is 4.79 Å². The minimum absolute atomic E-state index is 0.0407. The molecule has 7 nitrogen and oxygen atoms in total. The van der Waals surface area contributed by atoms with E-state index in [0.29, 0.717) is 17.4 Å². The summed E-state index contributed by atoms with van der Waals surface area (Å²) in [6.45, 7) is 1.24. The number of amides is 1. The van der Waals surface area contributed by atoms with Crippen molar-refractivity contribution >= 4 is 15.9 Å². The average molecular weight is 397 g/mol. The molecule has 1 heterocycles. The number of nitrogens with zero attached hydrogens (tertiary/aromatic N) is 1. The minimum atomic E-state index is -3.81. The van der Waals surface area contributed by atoms with E-state index in [-0.39, 0.29) is 17.3 Å². The quantitative estimate of drug-likeness (QED) is 0.795. The maximum Gasteiger partial charge on any atom is 0.241 e. The van der Waals surface area contributed by atoms with Gasteiger partial charge < -0.3 is 14.4 Å². The van der Waals surface area contributed by atoms with E-state index in [9.17, 15) is 13.2 Å². The summed E-state index contributed by atoms with van der Waals surface area (Å²) < 4.78 is 37.8. The lowest BCUT2D eigenvalue weighted by molar-refractivity contribution is -0.133. The molecule has 0 spiro atoms. The molecule has 1 N–H and O–H groups in total. The number of benzene rings is 1. The third kappa shape index (κ3) is 4.55. The van der Waals surface area contributed by atoms with E-state index >= 15 is 0 Å². The molecule has 2 atom stereocenters. The Morgan fingerprint density at radius 2 is 1.81 bits per heavy atom. The second-order valence-electron chi connectivity index (χ2n) is 7.27. The molecule has 0 aromatic heterocycles. The van der Waals surface area contributed by atoms with Crippen LogP contribution in [0.15, 0.2) is 23.1 Å². The Kier molecular flexibility index (Phi) is 6.26. The van der Waals surface area contributed by atoms with E-state index in [1.807, 2.05) is 4.90 Å². The van der Waals surface area contributed by atoms with Crippen molar-refractivity contribution in [1.29, 1.82) is 0 Å². The van der Waals surface area contributed by atoms with Crippen molar-refractivity contribution in [2.45, 2.75) is 37.0 Å². The summed E-state index contributed by atoms with van der Waals surface area (Å²) in [4.78, 5) is 14.4. The van der Waals surface area contributed by atoms with E-state index in [0.717, 1.165) is 25.4 Å². The predicted octanol–water partition coefficient (Wildman–Crippen LogP) is 2.02. The molecule has 27 heavy (non-hydrogen) atoms. The number of carbonyl (C=O) groups excluding carboxylic acids is 1. The van der Waals surface area contributed by atoms with E-state index < -0.39 is 10.0 Å². The van der Waals surface area contributed by atoms with Crippen LogP contribution in [-0.2, 0) is 14.8 Å². The summed E-state index contributed by atoms with van der Waals surface area (Å²) in [5, 5.41) is 0. The zero-order chi connectivity index (χ0) is 19.4. The van der Waals surface area contributed by atoms with Crippen LogP contribution in [0.2, 0.25) is 0 Å². The van der Waals surface area contributed by atoms with Gasteiger partial charge in [0.15, 0.2) is 11.5 Å². The fourth-order valence-electron chi connectivity index (χ4n) is 4.16. The molecule has 0 unspecified atom stereocenters. The highest BCUT2D eigenvalue weighted by molar-refractivity contribution is 7.89. The topological polar surface area (TPSA) is 84.9 Å². The molecule has 2 aliphatic rings. The number of sulfonamides is 1. The average Bonchev–Trinajstić information content (AvgIpc) is 2.71. The first-order chi connectivity index (χ1) is 12.9. The van der Waals surface area contributed by atoms with Gasteiger partial charge in [0.1, 0.15) is 0 Å². The van der Waals surface area contributed by atoms with Gasteiger partial charge in [-0.25, -0.2) is 13.1 Å². The Balaban J connectivity index is 1.60. The maximum absolute atomic E-state index is 12.5. The first kappa shape index (κ1) is 19.9. The number of ether oxygens (including phenoxy) is 2. The molecule has 2 fully saturated rings.